The number of amides is 1. The number of anilines is 1. The molecule has 16 heavy (non-hydrogen) atoms. The Hall–Kier alpha value is -0.620. The molecule has 0 spiro atoms. The summed E-state index contributed by atoms with van der Waals surface area (Å²) in [5.74, 6) is -0.0262. The van der Waals surface area contributed by atoms with E-state index in [2.05, 4.69) is 27.9 Å². The van der Waals surface area contributed by atoms with Crippen molar-refractivity contribution >= 4 is 34.2 Å². The lowest BCUT2D eigenvalue weighted by atomic mass is 10.1. The maximum Gasteiger partial charge on any atom is 0.253 e. The smallest absolute Gasteiger partial charge is 0.253 e. The zero-order valence-electron chi connectivity index (χ0n) is 8.91. The van der Waals surface area contributed by atoms with Crippen LogP contribution in [0.1, 0.15) is 19.3 Å². The highest BCUT2D eigenvalue weighted by Crippen LogP contribution is 2.16. The lowest BCUT2D eigenvalue weighted by Crippen LogP contribution is -2.33. The molecule has 1 N–H and O–H groups in total. The first-order valence-electron chi connectivity index (χ1n) is 5.44. The Kier molecular flexibility index (Phi) is 4.17. The standard InChI is InChI=1S/C12H14INO2/c13-9-4-3-5-10(8-9)14-12(15)11-6-1-2-7-16-11/h3-5,8,11H,1-2,6-7H2,(H,14,15). The highest BCUT2D eigenvalue weighted by Gasteiger charge is 2.21. The minimum atomic E-state index is -0.272. The molecule has 1 heterocycles. The van der Waals surface area contributed by atoms with E-state index in [-0.39, 0.29) is 12.0 Å². The molecule has 1 amide bonds. The van der Waals surface area contributed by atoms with Crippen LogP contribution in [0.3, 0.4) is 0 Å². The molecule has 0 aromatic heterocycles. The van der Waals surface area contributed by atoms with Gasteiger partial charge in [0.05, 0.1) is 0 Å². The van der Waals surface area contributed by atoms with Crippen LogP contribution in [0, 0.1) is 3.57 Å². The number of carbonyl (C=O) groups is 1. The summed E-state index contributed by atoms with van der Waals surface area (Å²) >= 11 is 2.22. The summed E-state index contributed by atoms with van der Waals surface area (Å²) < 4.78 is 6.54. The Morgan fingerprint density at radius 1 is 1.44 bits per heavy atom. The van der Waals surface area contributed by atoms with Crippen LogP contribution in [-0.4, -0.2) is 18.6 Å². The molecule has 86 valence electrons. The summed E-state index contributed by atoms with van der Waals surface area (Å²) in [5.41, 5.74) is 0.839. The average Bonchev–Trinajstić information content (AvgIpc) is 2.30. The van der Waals surface area contributed by atoms with Gasteiger partial charge in [0.2, 0.25) is 0 Å². The molecule has 1 fully saturated rings. The van der Waals surface area contributed by atoms with Crippen molar-refractivity contribution in [3.8, 4) is 0 Å². The van der Waals surface area contributed by atoms with E-state index in [1.807, 2.05) is 24.3 Å². The van der Waals surface area contributed by atoms with Crippen LogP contribution in [0.5, 0.6) is 0 Å². The van der Waals surface area contributed by atoms with Crippen LogP contribution in [0.4, 0.5) is 5.69 Å². The van der Waals surface area contributed by atoms with E-state index in [4.69, 9.17) is 4.74 Å². The van der Waals surface area contributed by atoms with E-state index in [9.17, 15) is 4.79 Å². The Morgan fingerprint density at radius 3 is 3.00 bits per heavy atom. The van der Waals surface area contributed by atoms with Crippen molar-refractivity contribution in [3.05, 3.63) is 27.8 Å². The predicted octanol–water partition coefficient (Wildman–Crippen LogP) is 2.80. The zero-order chi connectivity index (χ0) is 11.4. The van der Waals surface area contributed by atoms with Crippen LogP contribution in [0.25, 0.3) is 0 Å². The predicted molar refractivity (Wildman–Crippen MR) is 71.4 cm³/mol. The monoisotopic (exact) mass is 331 g/mol. The Bertz CT molecular complexity index is 375. The van der Waals surface area contributed by atoms with Crippen molar-refractivity contribution in [2.24, 2.45) is 0 Å². The molecule has 2 rings (SSSR count). The molecule has 0 bridgehead atoms. The van der Waals surface area contributed by atoms with Crippen molar-refractivity contribution in [2.45, 2.75) is 25.4 Å². The van der Waals surface area contributed by atoms with Gasteiger partial charge >= 0.3 is 0 Å². The molecule has 0 radical (unpaired) electrons. The van der Waals surface area contributed by atoms with Gasteiger partial charge in [-0.2, -0.15) is 0 Å². The first kappa shape index (κ1) is 11.9. The molecule has 1 aromatic rings. The van der Waals surface area contributed by atoms with Crippen molar-refractivity contribution in [1.82, 2.24) is 0 Å². The van der Waals surface area contributed by atoms with Gasteiger partial charge in [-0.3, -0.25) is 4.79 Å². The third kappa shape index (κ3) is 3.18. The summed E-state index contributed by atoms with van der Waals surface area (Å²) in [6.07, 6.45) is 2.69. The number of ether oxygens (including phenoxy) is 1. The van der Waals surface area contributed by atoms with Gasteiger partial charge in [0, 0.05) is 15.9 Å². The van der Waals surface area contributed by atoms with Gasteiger partial charge < -0.3 is 10.1 Å². The third-order valence-corrected chi connectivity index (χ3v) is 3.24. The summed E-state index contributed by atoms with van der Waals surface area (Å²) in [7, 11) is 0. The average molecular weight is 331 g/mol. The van der Waals surface area contributed by atoms with Gasteiger partial charge in [0.25, 0.3) is 5.91 Å². The first-order chi connectivity index (χ1) is 7.75. The second-order valence-electron chi connectivity index (χ2n) is 3.85. The molecular formula is C12H14INO2. The summed E-state index contributed by atoms with van der Waals surface area (Å²) in [4.78, 5) is 11.8. The molecular weight excluding hydrogens is 317 g/mol. The minimum absolute atomic E-state index is 0.0262. The molecule has 3 nitrogen and oxygen atoms in total. The molecule has 0 aliphatic carbocycles. The van der Waals surface area contributed by atoms with Crippen molar-refractivity contribution in [2.75, 3.05) is 11.9 Å². The zero-order valence-corrected chi connectivity index (χ0v) is 11.1. The number of carbonyl (C=O) groups excluding carboxylic acids is 1. The van der Waals surface area contributed by atoms with E-state index >= 15 is 0 Å². The highest BCUT2D eigenvalue weighted by atomic mass is 127. The van der Waals surface area contributed by atoms with E-state index in [1.54, 1.807) is 0 Å². The number of halogens is 1. The summed E-state index contributed by atoms with van der Waals surface area (Å²) in [6.45, 7) is 0.699. The molecule has 1 aliphatic rings. The van der Waals surface area contributed by atoms with E-state index in [1.165, 1.54) is 0 Å². The fourth-order valence-electron chi connectivity index (χ4n) is 1.74. The van der Waals surface area contributed by atoms with Gasteiger partial charge in [-0.1, -0.05) is 6.07 Å². The van der Waals surface area contributed by atoms with Gasteiger partial charge in [-0.25, -0.2) is 0 Å². The van der Waals surface area contributed by atoms with Crippen molar-refractivity contribution < 1.29 is 9.53 Å². The Balaban J connectivity index is 1.96. The molecule has 1 unspecified atom stereocenters. The number of nitrogens with one attached hydrogen (secondary N) is 1. The largest absolute Gasteiger partial charge is 0.368 e. The number of benzene rings is 1. The Morgan fingerprint density at radius 2 is 2.31 bits per heavy atom. The van der Waals surface area contributed by atoms with Crippen LogP contribution in [0.2, 0.25) is 0 Å². The lowest BCUT2D eigenvalue weighted by molar-refractivity contribution is -0.129. The number of rotatable bonds is 2. The van der Waals surface area contributed by atoms with Gasteiger partial charge in [0.1, 0.15) is 6.10 Å². The topological polar surface area (TPSA) is 38.3 Å². The highest BCUT2D eigenvalue weighted by molar-refractivity contribution is 14.1. The van der Waals surface area contributed by atoms with Gasteiger partial charge in [-0.15, -0.1) is 0 Å². The molecule has 1 aromatic carbocycles. The lowest BCUT2D eigenvalue weighted by Gasteiger charge is -2.21. The van der Waals surface area contributed by atoms with E-state index in [0.717, 1.165) is 28.5 Å². The summed E-state index contributed by atoms with van der Waals surface area (Å²) in [5, 5.41) is 2.88. The Labute approximate surface area is 109 Å². The fraction of sp³-hybridized carbons (Fsp3) is 0.417. The summed E-state index contributed by atoms with van der Waals surface area (Å²) in [6, 6.07) is 7.76. The normalized spacial score (nSPS) is 20.4. The maximum absolute atomic E-state index is 11.8. The van der Waals surface area contributed by atoms with Crippen molar-refractivity contribution in [3.63, 3.8) is 0 Å². The quantitative estimate of drug-likeness (QED) is 0.847. The minimum Gasteiger partial charge on any atom is -0.368 e. The van der Waals surface area contributed by atoms with Crippen LogP contribution < -0.4 is 5.32 Å². The fourth-order valence-corrected chi connectivity index (χ4v) is 2.28. The molecule has 1 saturated heterocycles. The second kappa shape index (κ2) is 5.63. The number of hydrogen-bond acceptors (Lipinski definition) is 2. The van der Waals surface area contributed by atoms with Crippen molar-refractivity contribution in [1.29, 1.82) is 0 Å². The van der Waals surface area contributed by atoms with E-state index in [0.29, 0.717) is 6.61 Å². The first-order valence-corrected chi connectivity index (χ1v) is 6.51. The van der Waals surface area contributed by atoms with Gasteiger partial charge in [-0.05, 0) is 60.1 Å². The maximum atomic E-state index is 11.8. The van der Waals surface area contributed by atoms with Crippen LogP contribution in [-0.2, 0) is 9.53 Å². The molecule has 1 atom stereocenters. The van der Waals surface area contributed by atoms with Gasteiger partial charge in [0.15, 0.2) is 0 Å². The molecule has 1 aliphatic heterocycles. The third-order valence-electron chi connectivity index (χ3n) is 2.56. The van der Waals surface area contributed by atoms with E-state index < -0.39 is 0 Å². The van der Waals surface area contributed by atoms with Crippen LogP contribution >= 0.6 is 22.6 Å². The number of hydrogen-bond donors (Lipinski definition) is 1. The molecule has 4 heteroatoms. The van der Waals surface area contributed by atoms with Crippen LogP contribution in [0.15, 0.2) is 24.3 Å². The SMILES string of the molecule is O=C(Nc1cccc(I)c1)C1CCCCO1. The second-order valence-corrected chi connectivity index (χ2v) is 5.10. The molecule has 0 saturated carbocycles.